The van der Waals surface area contributed by atoms with Gasteiger partial charge in [-0.25, -0.2) is 4.79 Å². The molecule has 0 radical (unpaired) electrons. The van der Waals surface area contributed by atoms with Crippen LogP contribution in [-0.2, 0) is 20.8 Å². The van der Waals surface area contributed by atoms with Gasteiger partial charge in [-0.2, -0.15) is 5.26 Å². The maximum absolute atomic E-state index is 12.8. The van der Waals surface area contributed by atoms with Crippen LogP contribution in [-0.4, -0.2) is 36.3 Å². The quantitative estimate of drug-likeness (QED) is 0.433. The largest absolute Gasteiger partial charge is 0.465 e. The molecule has 7 nitrogen and oxygen atoms in total. The Labute approximate surface area is 182 Å². The van der Waals surface area contributed by atoms with Crippen LogP contribution >= 0.6 is 0 Å². The van der Waals surface area contributed by atoms with Crippen molar-refractivity contribution in [1.29, 1.82) is 5.26 Å². The second kappa shape index (κ2) is 9.63. The number of benzene rings is 1. The van der Waals surface area contributed by atoms with E-state index in [9.17, 15) is 14.9 Å². The minimum atomic E-state index is -0.531. The number of esters is 1. The molecule has 1 unspecified atom stereocenters. The lowest BCUT2D eigenvalue weighted by Crippen LogP contribution is -2.17. The number of hydrogen-bond acceptors (Lipinski definition) is 5. The number of nitrogens with zero attached hydrogens (tertiary/aromatic N) is 2. The highest BCUT2D eigenvalue weighted by Crippen LogP contribution is 2.23. The summed E-state index contributed by atoms with van der Waals surface area (Å²) in [5.41, 5.74) is 4.40. The number of aromatic nitrogens is 1. The lowest BCUT2D eigenvalue weighted by molar-refractivity contribution is -0.112. The highest BCUT2D eigenvalue weighted by molar-refractivity contribution is 6.10. The summed E-state index contributed by atoms with van der Waals surface area (Å²) in [7, 11) is 1.30. The zero-order chi connectivity index (χ0) is 22.5. The number of carbonyl (C=O) groups is 2. The number of anilines is 1. The van der Waals surface area contributed by atoms with E-state index in [1.807, 2.05) is 32.9 Å². The van der Waals surface area contributed by atoms with Gasteiger partial charge in [0.05, 0.1) is 18.8 Å². The van der Waals surface area contributed by atoms with Gasteiger partial charge in [0.1, 0.15) is 11.6 Å². The molecule has 1 atom stereocenters. The van der Waals surface area contributed by atoms with Crippen LogP contribution in [0.1, 0.15) is 45.7 Å². The van der Waals surface area contributed by atoms with Crippen molar-refractivity contribution in [1.82, 2.24) is 4.57 Å². The summed E-state index contributed by atoms with van der Waals surface area (Å²) in [6, 6.07) is 8.85. The van der Waals surface area contributed by atoms with Gasteiger partial charge in [0, 0.05) is 30.2 Å². The first-order valence-corrected chi connectivity index (χ1v) is 10.2. The van der Waals surface area contributed by atoms with Gasteiger partial charge >= 0.3 is 5.97 Å². The number of ether oxygens (including phenoxy) is 2. The summed E-state index contributed by atoms with van der Waals surface area (Å²) in [5, 5.41) is 12.3. The van der Waals surface area contributed by atoms with Crippen LogP contribution in [0.25, 0.3) is 6.08 Å². The average molecular weight is 421 g/mol. The molecule has 1 amide bonds. The fourth-order valence-corrected chi connectivity index (χ4v) is 3.74. The molecule has 1 aliphatic rings. The van der Waals surface area contributed by atoms with E-state index >= 15 is 0 Å². The number of aryl methyl sites for hydroxylation is 2. The van der Waals surface area contributed by atoms with Crippen LogP contribution in [0, 0.1) is 32.1 Å². The molecule has 1 aromatic carbocycles. The van der Waals surface area contributed by atoms with E-state index in [0.717, 1.165) is 48.5 Å². The first-order chi connectivity index (χ1) is 14.8. The molecule has 2 heterocycles. The Morgan fingerprint density at radius 3 is 2.74 bits per heavy atom. The summed E-state index contributed by atoms with van der Waals surface area (Å²) in [5.74, 6) is -1.03. The van der Waals surface area contributed by atoms with Crippen LogP contribution < -0.4 is 5.32 Å². The van der Waals surface area contributed by atoms with E-state index < -0.39 is 11.9 Å². The molecule has 3 rings (SSSR count). The minimum absolute atomic E-state index is 0.0137. The second-order valence-electron chi connectivity index (χ2n) is 7.72. The topological polar surface area (TPSA) is 93.4 Å². The van der Waals surface area contributed by atoms with Crippen LogP contribution in [0.5, 0.6) is 0 Å². The molecule has 162 valence electrons. The Balaban J connectivity index is 1.83. The fourth-order valence-electron chi connectivity index (χ4n) is 3.74. The second-order valence-corrected chi connectivity index (χ2v) is 7.72. The number of hydrogen-bond donors (Lipinski definition) is 1. The van der Waals surface area contributed by atoms with Crippen molar-refractivity contribution >= 4 is 23.6 Å². The summed E-state index contributed by atoms with van der Waals surface area (Å²) in [6.07, 6.45) is 3.92. The Hall–Kier alpha value is -3.37. The highest BCUT2D eigenvalue weighted by Gasteiger charge is 2.19. The van der Waals surface area contributed by atoms with Crippen molar-refractivity contribution in [3.8, 4) is 6.07 Å². The van der Waals surface area contributed by atoms with Gasteiger partial charge in [0.15, 0.2) is 0 Å². The lowest BCUT2D eigenvalue weighted by Gasteiger charge is -2.14. The number of carbonyl (C=O) groups excluding carboxylic acids is 2. The van der Waals surface area contributed by atoms with Crippen molar-refractivity contribution in [2.24, 2.45) is 0 Å². The van der Waals surface area contributed by atoms with Crippen LogP contribution in [0.2, 0.25) is 0 Å². The summed E-state index contributed by atoms with van der Waals surface area (Å²) in [4.78, 5) is 24.6. The maximum atomic E-state index is 12.8. The lowest BCUT2D eigenvalue weighted by atomic mass is 10.1. The number of rotatable bonds is 6. The molecule has 1 aliphatic heterocycles. The highest BCUT2D eigenvalue weighted by atomic mass is 16.5. The third-order valence-corrected chi connectivity index (χ3v) is 5.59. The first kappa shape index (κ1) is 22.3. The summed E-state index contributed by atoms with van der Waals surface area (Å²) >= 11 is 0. The predicted molar refractivity (Wildman–Crippen MR) is 118 cm³/mol. The number of nitriles is 1. The Kier molecular flexibility index (Phi) is 6.93. The molecule has 0 aliphatic carbocycles. The van der Waals surface area contributed by atoms with Crippen molar-refractivity contribution in [2.45, 2.75) is 46.3 Å². The molecular weight excluding hydrogens is 394 g/mol. The molecule has 0 spiro atoms. The van der Waals surface area contributed by atoms with Crippen molar-refractivity contribution in [3.63, 3.8) is 0 Å². The van der Waals surface area contributed by atoms with E-state index in [2.05, 4.69) is 9.88 Å². The molecule has 7 heteroatoms. The van der Waals surface area contributed by atoms with Gasteiger partial charge in [-0.05, 0) is 69.0 Å². The predicted octanol–water partition coefficient (Wildman–Crippen LogP) is 3.92. The number of nitrogens with one attached hydrogen (secondary N) is 1. The van der Waals surface area contributed by atoms with E-state index in [0.29, 0.717) is 11.3 Å². The molecule has 0 saturated carbocycles. The van der Waals surface area contributed by atoms with Gasteiger partial charge in [0.2, 0.25) is 0 Å². The zero-order valence-corrected chi connectivity index (χ0v) is 18.3. The molecular formula is C24H27N3O4. The standard InChI is InChI=1S/C24H27N3O4/c1-15-7-8-18(24(29)30-4)12-22(15)26-23(28)20(13-25)11-19-10-16(2)27(17(19)3)14-21-6-5-9-31-21/h7-8,10-12,21H,5-6,9,14H2,1-4H3,(H,26,28)/b20-11+. The fraction of sp³-hybridized carbons (Fsp3) is 0.375. The van der Waals surface area contributed by atoms with Gasteiger partial charge in [0.25, 0.3) is 5.91 Å². The molecule has 2 aromatic rings. The molecule has 1 fully saturated rings. The Morgan fingerprint density at radius 2 is 2.10 bits per heavy atom. The van der Waals surface area contributed by atoms with E-state index in [-0.39, 0.29) is 11.7 Å². The monoisotopic (exact) mass is 421 g/mol. The average Bonchev–Trinajstić information content (AvgIpc) is 3.36. The van der Waals surface area contributed by atoms with Gasteiger partial charge < -0.3 is 19.4 Å². The van der Waals surface area contributed by atoms with Gasteiger partial charge in [-0.3, -0.25) is 4.79 Å². The molecule has 31 heavy (non-hydrogen) atoms. The third kappa shape index (κ3) is 5.04. The van der Waals surface area contributed by atoms with Crippen molar-refractivity contribution < 1.29 is 19.1 Å². The van der Waals surface area contributed by atoms with Crippen LogP contribution in [0.4, 0.5) is 5.69 Å². The molecule has 0 bridgehead atoms. The number of methoxy groups -OCH3 is 1. The Morgan fingerprint density at radius 1 is 1.32 bits per heavy atom. The SMILES string of the molecule is COC(=O)c1ccc(C)c(NC(=O)/C(C#N)=C/c2cc(C)n(CC3CCCO3)c2C)c1. The van der Waals surface area contributed by atoms with Crippen LogP contribution in [0.3, 0.4) is 0 Å². The number of amides is 1. The molecule has 1 saturated heterocycles. The van der Waals surface area contributed by atoms with E-state index in [4.69, 9.17) is 9.47 Å². The van der Waals surface area contributed by atoms with Crippen molar-refractivity contribution in [2.75, 3.05) is 19.0 Å². The smallest absolute Gasteiger partial charge is 0.337 e. The molecule has 1 N–H and O–H groups in total. The van der Waals surface area contributed by atoms with Crippen LogP contribution in [0.15, 0.2) is 29.8 Å². The maximum Gasteiger partial charge on any atom is 0.337 e. The van der Waals surface area contributed by atoms with E-state index in [1.165, 1.54) is 7.11 Å². The van der Waals surface area contributed by atoms with E-state index in [1.54, 1.807) is 24.3 Å². The van der Waals surface area contributed by atoms with Gasteiger partial charge in [-0.1, -0.05) is 6.07 Å². The first-order valence-electron chi connectivity index (χ1n) is 10.2. The third-order valence-electron chi connectivity index (χ3n) is 5.59. The Bertz CT molecular complexity index is 1070. The summed E-state index contributed by atoms with van der Waals surface area (Å²) in [6.45, 7) is 7.36. The normalized spacial score (nSPS) is 16.1. The molecule has 1 aromatic heterocycles. The van der Waals surface area contributed by atoms with Gasteiger partial charge in [-0.15, -0.1) is 0 Å². The summed E-state index contributed by atoms with van der Waals surface area (Å²) < 4.78 is 12.6. The zero-order valence-electron chi connectivity index (χ0n) is 18.3. The van der Waals surface area contributed by atoms with Crippen molar-refractivity contribution in [3.05, 3.63) is 57.9 Å². The minimum Gasteiger partial charge on any atom is -0.465 e.